The minimum atomic E-state index is -0.112. The van der Waals surface area contributed by atoms with Crippen LogP contribution in [-0.2, 0) is 6.61 Å². The summed E-state index contributed by atoms with van der Waals surface area (Å²) in [5.74, 6) is 0.698. The van der Waals surface area contributed by atoms with Gasteiger partial charge in [0.15, 0.2) is 0 Å². The molecular weight excluding hydrogens is 390 g/mol. The van der Waals surface area contributed by atoms with Crippen LogP contribution in [-0.4, -0.2) is 5.91 Å². The van der Waals surface area contributed by atoms with Gasteiger partial charge in [0.2, 0.25) is 0 Å². The molecule has 0 aliphatic rings. The number of nitrogens with one attached hydrogen (secondary N) is 1. The van der Waals surface area contributed by atoms with Crippen LogP contribution < -0.4 is 10.1 Å². The molecule has 1 N–H and O–H groups in total. The Balaban J connectivity index is 1.62. The standard InChI is InChI=1S/C22H20BrNO2/c1-15-3-4-16(2)21(13-15)24-22(25)18-7-5-17(6-8-18)14-26-20-11-9-19(23)10-12-20/h3-13H,14H2,1-2H3,(H,24,25). The smallest absolute Gasteiger partial charge is 0.255 e. The van der Waals surface area contributed by atoms with E-state index in [1.807, 2.05) is 80.6 Å². The molecule has 0 unspecified atom stereocenters. The van der Waals surface area contributed by atoms with Crippen molar-refractivity contribution in [2.24, 2.45) is 0 Å². The number of ether oxygens (including phenoxy) is 1. The van der Waals surface area contributed by atoms with Crippen LogP contribution in [0.1, 0.15) is 27.0 Å². The van der Waals surface area contributed by atoms with E-state index in [1.165, 1.54) is 0 Å². The average molecular weight is 410 g/mol. The van der Waals surface area contributed by atoms with Gasteiger partial charge in [0.1, 0.15) is 12.4 Å². The maximum atomic E-state index is 12.5. The third-order valence-electron chi connectivity index (χ3n) is 4.08. The van der Waals surface area contributed by atoms with Crippen molar-refractivity contribution in [2.45, 2.75) is 20.5 Å². The normalized spacial score (nSPS) is 10.4. The molecule has 3 aromatic carbocycles. The Morgan fingerprint density at radius 1 is 0.962 bits per heavy atom. The number of rotatable bonds is 5. The highest BCUT2D eigenvalue weighted by Crippen LogP contribution is 2.19. The topological polar surface area (TPSA) is 38.3 Å². The zero-order valence-electron chi connectivity index (χ0n) is 14.8. The molecule has 0 fully saturated rings. The third-order valence-corrected chi connectivity index (χ3v) is 4.61. The molecule has 4 heteroatoms. The third kappa shape index (κ3) is 4.73. The summed E-state index contributed by atoms with van der Waals surface area (Å²) in [6.45, 7) is 4.45. The van der Waals surface area contributed by atoms with Crippen LogP contribution in [0, 0.1) is 13.8 Å². The maximum Gasteiger partial charge on any atom is 0.255 e. The Morgan fingerprint density at radius 3 is 2.35 bits per heavy atom. The van der Waals surface area contributed by atoms with Crippen LogP contribution >= 0.6 is 15.9 Å². The molecule has 0 atom stereocenters. The lowest BCUT2D eigenvalue weighted by Crippen LogP contribution is -2.13. The van der Waals surface area contributed by atoms with Crippen LogP contribution in [0.5, 0.6) is 5.75 Å². The summed E-state index contributed by atoms with van der Waals surface area (Å²) < 4.78 is 6.77. The first kappa shape index (κ1) is 18.2. The Bertz CT molecular complexity index is 902. The van der Waals surface area contributed by atoms with Crippen molar-refractivity contribution < 1.29 is 9.53 Å². The summed E-state index contributed by atoms with van der Waals surface area (Å²) in [6.07, 6.45) is 0. The number of amides is 1. The second-order valence-electron chi connectivity index (χ2n) is 6.21. The lowest BCUT2D eigenvalue weighted by Gasteiger charge is -2.10. The van der Waals surface area contributed by atoms with Crippen LogP contribution in [0.2, 0.25) is 0 Å². The average Bonchev–Trinajstić information content (AvgIpc) is 2.64. The highest BCUT2D eigenvalue weighted by Gasteiger charge is 2.08. The molecule has 0 aliphatic carbocycles. The van der Waals surface area contributed by atoms with Crippen LogP contribution in [0.25, 0.3) is 0 Å². The van der Waals surface area contributed by atoms with Crippen molar-refractivity contribution in [2.75, 3.05) is 5.32 Å². The van der Waals surface area contributed by atoms with E-state index in [9.17, 15) is 4.79 Å². The molecule has 3 aromatic rings. The molecule has 3 nitrogen and oxygen atoms in total. The SMILES string of the molecule is Cc1ccc(C)c(NC(=O)c2ccc(COc3ccc(Br)cc3)cc2)c1. The van der Waals surface area contributed by atoms with Crippen molar-refractivity contribution in [3.63, 3.8) is 0 Å². The number of carbonyl (C=O) groups excluding carboxylic acids is 1. The number of benzene rings is 3. The van der Waals surface area contributed by atoms with Crippen molar-refractivity contribution >= 4 is 27.5 Å². The summed E-state index contributed by atoms with van der Waals surface area (Å²) in [7, 11) is 0. The molecule has 3 rings (SSSR count). The molecule has 0 bridgehead atoms. The van der Waals surface area contributed by atoms with Gasteiger partial charge >= 0.3 is 0 Å². The second kappa shape index (κ2) is 8.19. The van der Waals surface area contributed by atoms with Gasteiger partial charge in [-0.25, -0.2) is 0 Å². The minimum absolute atomic E-state index is 0.112. The van der Waals surface area contributed by atoms with Crippen molar-refractivity contribution in [3.05, 3.63) is 93.5 Å². The Hall–Kier alpha value is -2.59. The van der Waals surface area contributed by atoms with E-state index in [0.717, 1.165) is 32.6 Å². The van der Waals surface area contributed by atoms with E-state index in [4.69, 9.17) is 4.74 Å². The van der Waals surface area contributed by atoms with Crippen molar-refractivity contribution in [3.8, 4) is 5.75 Å². The molecule has 0 spiro atoms. The number of hydrogen-bond acceptors (Lipinski definition) is 2. The molecule has 0 aromatic heterocycles. The fourth-order valence-corrected chi connectivity index (χ4v) is 2.78. The van der Waals surface area contributed by atoms with E-state index in [-0.39, 0.29) is 5.91 Å². The number of carbonyl (C=O) groups is 1. The predicted octanol–water partition coefficient (Wildman–Crippen LogP) is 5.90. The Morgan fingerprint density at radius 2 is 1.65 bits per heavy atom. The summed E-state index contributed by atoms with van der Waals surface area (Å²) in [4.78, 5) is 12.5. The first-order valence-electron chi connectivity index (χ1n) is 8.37. The second-order valence-corrected chi connectivity index (χ2v) is 7.13. The number of halogens is 1. The zero-order chi connectivity index (χ0) is 18.5. The largest absolute Gasteiger partial charge is 0.489 e. The van der Waals surface area contributed by atoms with Crippen molar-refractivity contribution in [1.82, 2.24) is 0 Å². The summed E-state index contributed by atoms with van der Waals surface area (Å²) in [5.41, 5.74) is 4.64. The highest BCUT2D eigenvalue weighted by molar-refractivity contribution is 9.10. The quantitative estimate of drug-likeness (QED) is 0.569. The van der Waals surface area contributed by atoms with Gasteiger partial charge in [-0.2, -0.15) is 0 Å². The van der Waals surface area contributed by atoms with Gasteiger partial charge < -0.3 is 10.1 Å². The predicted molar refractivity (Wildman–Crippen MR) is 109 cm³/mol. The van der Waals surface area contributed by atoms with Gasteiger partial charge in [-0.1, -0.05) is 40.2 Å². The van der Waals surface area contributed by atoms with Gasteiger partial charge in [-0.3, -0.25) is 4.79 Å². The minimum Gasteiger partial charge on any atom is -0.489 e. The number of aryl methyl sites for hydroxylation is 2. The molecule has 0 heterocycles. The Labute approximate surface area is 162 Å². The molecule has 132 valence electrons. The van der Waals surface area contributed by atoms with Gasteiger partial charge in [0.05, 0.1) is 0 Å². The molecule has 0 saturated heterocycles. The van der Waals surface area contributed by atoms with Gasteiger partial charge in [-0.15, -0.1) is 0 Å². The van der Waals surface area contributed by atoms with E-state index in [2.05, 4.69) is 21.2 Å². The first-order valence-corrected chi connectivity index (χ1v) is 9.16. The van der Waals surface area contributed by atoms with Crippen LogP contribution in [0.3, 0.4) is 0 Å². The summed E-state index contributed by atoms with van der Waals surface area (Å²) in [5, 5.41) is 2.98. The van der Waals surface area contributed by atoms with E-state index in [1.54, 1.807) is 0 Å². The van der Waals surface area contributed by atoms with Gasteiger partial charge in [0, 0.05) is 15.7 Å². The van der Waals surface area contributed by atoms with Crippen LogP contribution in [0.15, 0.2) is 71.2 Å². The molecule has 26 heavy (non-hydrogen) atoms. The fourth-order valence-electron chi connectivity index (χ4n) is 2.51. The molecular formula is C22H20BrNO2. The van der Waals surface area contributed by atoms with E-state index < -0.39 is 0 Å². The molecule has 1 amide bonds. The summed E-state index contributed by atoms with van der Waals surface area (Å²) in [6, 6.07) is 21.2. The molecule has 0 saturated carbocycles. The van der Waals surface area contributed by atoms with Crippen molar-refractivity contribution in [1.29, 1.82) is 0 Å². The van der Waals surface area contributed by atoms with Gasteiger partial charge in [0.25, 0.3) is 5.91 Å². The lowest BCUT2D eigenvalue weighted by atomic mass is 10.1. The highest BCUT2D eigenvalue weighted by atomic mass is 79.9. The number of anilines is 1. The van der Waals surface area contributed by atoms with Gasteiger partial charge in [-0.05, 0) is 73.0 Å². The zero-order valence-corrected chi connectivity index (χ0v) is 16.3. The van der Waals surface area contributed by atoms with E-state index >= 15 is 0 Å². The maximum absolute atomic E-state index is 12.5. The fraction of sp³-hybridized carbons (Fsp3) is 0.136. The van der Waals surface area contributed by atoms with E-state index in [0.29, 0.717) is 12.2 Å². The Kier molecular flexibility index (Phi) is 5.74. The monoisotopic (exact) mass is 409 g/mol. The molecule has 0 aliphatic heterocycles. The molecule has 0 radical (unpaired) electrons. The summed E-state index contributed by atoms with van der Waals surface area (Å²) >= 11 is 3.40. The first-order chi connectivity index (χ1) is 12.5. The van der Waals surface area contributed by atoms with Crippen LogP contribution in [0.4, 0.5) is 5.69 Å². The number of hydrogen-bond donors (Lipinski definition) is 1. The lowest BCUT2D eigenvalue weighted by molar-refractivity contribution is 0.102.